The lowest BCUT2D eigenvalue weighted by Crippen LogP contribution is -2.14. The molecule has 0 bridgehead atoms. The number of aryl methyl sites for hydroxylation is 2. The van der Waals surface area contributed by atoms with E-state index in [9.17, 15) is 4.79 Å². The molecule has 29 heavy (non-hydrogen) atoms. The zero-order valence-corrected chi connectivity index (χ0v) is 17.5. The van der Waals surface area contributed by atoms with E-state index >= 15 is 0 Å². The van der Waals surface area contributed by atoms with E-state index in [-0.39, 0.29) is 5.91 Å². The third-order valence-corrected chi connectivity index (χ3v) is 6.07. The lowest BCUT2D eigenvalue weighted by Gasteiger charge is -2.08. The number of carbonyl (C=O) groups is 1. The van der Waals surface area contributed by atoms with Crippen LogP contribution < -0.4 is 4.80 Å². The Hall–Kier alpha value is -3.24. The SMILES string of the molecule is Cc1ccc(C(=O)N=c2sc(-c3ccccc3)c(-c3ccc(C)cc3)n2C)cc1. The number of rotatable bonds is 3. The zero-order chi connectivity index (χ0) is 20.4. The normalized spacial score (nSPS) is 11.6. The van der Waals surface area contributed by atoms with Crippen molar-refractivity contribution >= 4 is 17.2 Å². The van der Waals surface area contributed by atoms with Crippen LogP contribution >= 0.6 is 11.3 Å². The first-order chi connectivity index (χ1) is 14.0. The first-order valence-electron chi connectivity index (χ1n) is 9.51. The molecule has 3 aromatic carbocycles. The van der Waals surface area contributed by atoms with Gasteiger partial charge in [-0.25, -0.2) is 0 Å². The summed E-state index contributed by atoms with van der Waals surface area (Å²) in [6.45, 7) is 4.08. The summed E-state index contributed by atoms with van der Waals surface area (Å²) < 4.78 is 2.02. The van der Waals surface area contributed by atoms with Gasteiger partial charge in [0.1, 0.15) is 0 Å². The Morgan fingerprint density at radius 2 is 1.38 bits per heavy atom. The van der Waals surface area contributed by atoms with Crippen LogP contribution in [0.3, 0.4) is 0 Å². The molecule has 4 rings (SSSR count). The van der Waals surface area contributed by atoms with Crippen LogP contribution in [0.25, 0.3) is 21.7 Å². The molecule has 0 saturated heterocycles. The Morgan fingerprint density at radius 3 is 2.00 bits per heavy atom. The van der Waals surface area contributed by atoms with Crippen LogP contribution in [0.1, 0.15) is 21.5 Å². The van der Waals surface area contributed by atoms with Crippen molar-refractivity contribution < 1.29 is 4.79 Å². The molecule has 0 aliphatic carbocycles. The summed E-state index contributed by atoms with van der Waals surface area (Å²) in [6, 6.07) is 26.2. The fourth-order valence-electron chi connectivity index (χ4n) is 3.22. The topological polar surface area (TPSA) is 34.4 Å². The molecular weight excluding hydrogens is 376 g/mol. The first kappa shape index (κ1) is 19.1. The molecule has 1 heterocycles. The van der Waals surface area contributed by atoms with E-state index in [0.717, 1.165) is 27.3 Å². The molecule has 0 aliphatic heterocycles. The molecule has 0 spiro atoms. The minimum atomic E-state index is -0.225. The summed E-state index contributed by atoms with van der Waals surface area (Å²) in [4.78, 5) is 19.0. The Kier molecular flexibility index (Phi) is 5.28. The van der Waals surface area contributed by atoms with Crippen molar-refractivity contribution in [3.8, 4) is 21.7 Å². The summed E-state index contributed by atoms with van der Waals surface area (Å²) in [5, 5.41) is 0. The van der Waals surface area contributed by atoms with Gasteiger partial charge in [-0.2, -0.15) is 4.99 Å². The van der Waals surface area contributed by atoms with Gasteiger partial charge < -0.3 is 4.57 Å². The van der Waals surface area contributed by atoms with Crippen molar-refractivity contribution in [3.05, 3.63) is 100 Å². The van der Waals surface area contributed by atoms with Gasteiger partial charge in [-0.1, -0.05) is 89.2 Å². The van der Waals surface area contributed by atoms with E-state index in [1.165, 1.54) is 16.9 Å². The molecular formula is C25H22N2OS. The average Bonchev–Trinajstić information content (AvgIpc) is 3.06. The molecule has 1 amide bonds. The van der Waals surface area contributed by atoms with Gasteiger partial charge in [-0.05, 0) is 37.1 Å². The van der Waals surface area contributed by atoms with Crippen LogP contribution in [0.15, 0.2) is 83.9 Å². The lowest BCUT2D eigenvalue weighted by atomic mass is 10.1. The molecule has 0 radical (unpaired) electrons. The van der Waals surface area contributed by atoms with Crippen LogP contribution in [-0.2, 0) is 7.05 Å². The second-order valence-corrected chi connectivity index (χ2v) is 8.11. The van der Waals surface area contributed by atoms with E-state index in [1.807, 2.05) is 61.0 Å². The maximum absolute atomic E-state index is 12.7. The first-order valence-corrected chi connectivity index (χ1v) is 10.3. The summed E-state index contributed by atoms with van der Waals surface area (Å²) >= 11 is 1.54. The van der Waals surface area contributed by atoms with E-state index in [2.05, 4.69) is 48.3 Å². The standard InChI is InChI=1S/C25H22N2OS/c1-17-9-13-19(14-10-17)22-23(20-7-5-4-6-8-20)29-25(27(22)3)26-24(28)21-15-11-18(2)12-16-21/h4-16H,1-3H3. The number of nitrogens with zero attached hydrogens (tertiary/aromatic N) is 2. The van der Waals surface area contributed by atoms with Gasteiger partial charge in [-0.15, -0.1) is 0 Å². The number of carbonyl (C=O) groups excluding carboxylic acids is 1. The Bertz CT molecular complexity index is 1210. The maximum Gasteiger partial charge on any atom is 0.279 e. The highest BCUT2D eigenvalue weighted by Gasteiger charge is 2.16. The van der Waals surface area contributed by atoms with Crippen molar-refractivity contribution in [2.45, 2.75) is 13.8 Å². The van der Waals surface area contributed by atoms with E-state index in [1.54, 1.807) is 0 Å². The quantitative estimate of drug-likeness (QED) is 0.431. The highest BCUT2D eigenvalue weighted by molar-refractivity contribution is 7.13. The molecule has 0 unspecified atom stereocenters. The smallest absolute Gasteiger partial charge is 0.279 e. The minimum Gasteiger partial charge on any atom is -0.319 e. The predicted molar refractivity (Wildman–Crippen MR) is 120 cm³/mol. The largest absolute Gasteiger partial charge is 0.319 e. The zero-order valence-electron chi connectivity index (χ0n) is 16.7. The summed E-state index contributed by atoms with van der Waals surface area (Å²) in [7, 11) is 1.97. The average molecular weight is 399 g/mol. The van der Waals surface area contributed by atoms with E-state index in [4.69, 9.17) is 0 Å². The van der Waals surface area contributed by atoms with Crippen LogP contribution in [0.2, 0.25) is 0 Å². The molecule has 144 valence electrons. The number of thiazole rings is 1. The number of hydrogen-bond donors (Lipinski definition) is 0. The molecule has 0 aliphatic rings. The van der Waals surface area contributed by atoms with Gasteiger partial charge in [0.05, 0.1) is 10.6 Å². The van der Waals surface area contributed by atoms with E-state index in [0.29, 0.717) is 10.4 Å². The molecule has 0 atom stereocenters. The molecule has 0 saturated carbocycles. The highest BCUT2D eigenvalue weighted by atomic mass is 32.1. The molecule has 0 N–H and O–H groups in total. The maximum atomic E-state index is 12.7. The molecule has 4 aromatic rings. The molecule has 0 fully saturated rings. The summed E-state index contributed by atoms with van der Waals surface area (Å²) in [5.41, 5.74) is 6.23. The van der Waals surface area contributed by atoms with Crippen molar-refractivity contribution in [1.29, 1.82) is 0 Å². The van der Waals surface area contributed by atoms with Crippen LogP contribution in [0, 0.1) is 13.8 Å². The van der Waals surface area contributed by atoms with Crippen LogP contribution in [0.4, 0.5) is 0 Å². The number of benzene rings is 3. The van der Waals surface area contributed by atoms with Gasteiger partial charge in [0, 0.05) is 12.6 Å². The summed E-state index contributed by atoms with van der Waals surface area (Å²) in [5.74, 6) is -0.225. The Labute approximate surface area is 174 Å². The monoisotopic (exact) mass is 398 g/mol. The minimum absolute atomic E-state index is 0.225. The van der Waals surface area contributed by atoms with Crippen molar-refractivity contribution in [2.24, 2.45) is 12.0 Å². The molecule has 4 heteroatoms. The number of aromatic nitrogens is 1. The second kappa shape index (κ2) is 8.02. The molecule has 1 aromatic heterocycles. The fourth-order valence-corrected chi connectivity index (χ4v) is 4.37. The van der Waals surface area contributed by atoms with E-state index < -0.39 is 0 Å². The Balaban J connectivity index is 1.89. The van der Waals surface area contributed by atoms with Crippen molar-refractivity contribution in [2.75, 3.05) is 0 Å². The third kappa shape index (κ3) is 3.98. The second-order valence-electron chi connectivity index (χ2n) is 7.14. The van der Waals surface area contributed by atoms with Crippen LogP contribution in [-0.4, -0.2) is 10.5 Å². The van der Waals surface area contributed by atoms with Gasteiger partial charge >= 0.3 is 0 Å². The fraction of sp³-hybridized carbons (Fsp3) is 0.120. The molecule has 3 nitrogen and oxygen atoms in total. The lowest BCUT2D eigenvalue weighted by molar-refractivity contribution is 0.0998. The highest BCUT2D eigenvalue weighted by Crippen LogP contribution is 2.34. The van der Waals surface area contributed by atoms with Crippen LogP contribution in [0.5, 0.6) is 0 Å². The summed E-state index contributed by atoms with van der Waals surface area (Å²) in [6.07, 6.45) is 0. The number of amides is 1. The Morgan fingerprint density at radius 1 is 0.793 bits per heavy atom. The van der Waals surface area contributed by atoms with Crippen molar-refractivity contribution in [3.63, 3.8) is 0 Å². The van der Waals surface area contributed by atoms with Gasteiger partial charge in [0.15, 0.2) is 4.80 Å². The predicted octanol–water partition coefficient (Wildman–Crippen LogP) is 5.78. The third-order valence-electron chi connectivity index (χ3n) is 4.89. The van der Waals surface area contributed by atoms with Gasteiger partial charge in [0.25, 0.3) is 5.91 Å². The number of hydrogen-bond acceptors (Lipinski definition) is 2. The van der Waals surface area contributed by atoms with Crippen molar-refractivity contribution in [1.82, 2.24) is 4.57 Å². The van der Waals surface area contributed by atoms with Gasteiger partial charge in [0.2, 0.25) is 0 Å². The van der Waals surface area contributed by atoms with Gasteiger partial charge in [-0.3, -0.25) is 4.79 Å².